The highest BCUT2D eigenvalue weighted by atomic mass is 32.1. The van der Waals surface area contributed by atoms with Crippen molar-refractivity contribution in [3.05, 3.63) is 16.1 Å². The zero-order chi connectivity index (χ0) is 15.8. The Morgan fingerprint density at radius 1 is 1.55 bits per heavy atom. The van der Waals surface area contributed by atoms with Crippen LogP contribution in [0.25, 0.3) is 0 Å². The molecule has 124 valence electrons. The van der Waals surface area contributed by atoms with E-state index in [1.54, 1.807) is 11.3 Å². The molecule has 0 radical (unpaired) electrons. The van der Waals surface area contributed by atoms with Gasteiger partial charge in [-0.15, -0.1) is 11.3 Å². The van der Waals surface area contributed by atoms with Crippen molar-refractivity contribution in [2.24, 2.45) is 10.9 Å². The Bertz CT molecular complexity index is 470. The standard InChI is InChI=1S/C16H28N4OS/c1-4-17-16(18-8-7-15-19-11-13(2)22-15)20(3)9-10-21-12-14-5-6-14/h11,14H,4-10,12H2,1-3H3,(H,17,18). The average Bonchev–Trinajstić information content (AvgIpc) is 3.24. The summed E-state index contributed by atoms with van der Waals surface area (Å²) in [7, 11) is 2.06. The lowest BCUT2D eigenvalue weighted by Gasteiger charge is -2.22. The zero-order valence-corrected chi connectivity index (χ0v) is 14.8. The van der Waals surface area contributed by atoms with Gasteiger partial charge in [0.15, 0.2) is 5.96 Å². The van der Waals surface area contributed by atoms with Crippen molar-refractivity contribution in [1.82, 2.24) is 15.2 Å². The van der Waals surface area contributed by atoms with E-state index in [2.05, 4.69) is 41.1 Å². The minimum absolute atomic E-state index is 0.766. The SMILES string of the molecule is CCNC(=NCCc1ncc(C)s1)N(C)CCOCC1CC1. The third-order valence-corrected chi connectivity index (χ3v) is 4.55. The lowest BCUT2D eigenvalue weighted by Crippen LogP contribution is -2.40. The second-order valence-electron chi connectivity index (χ2n) is 5.79. The number of aryl methyl sites for hydroxylation is 1. The Morgan fingerprint density at radius 3 is 3.00 bits per heavy atom. The molecule has 1 heterocycles. The molecule has 0 aromatic carbocycles. The second kappa shape index (κ2) is 9.10. The maximum atomic E-state index is 5.70. The third kappa shape index (κ3) is 6.32. The lowest BCUT2D eigenvalue weighted by molar-refractivity contribution is 0.115. The van der Waals surface area contributed by atoms with Crippen LogP contribution in [0, 0.1) is 12.8 Å². The Balaban J connectivity index is 1.71. The topological polar surface area (TPSA) is 49.8 Å². The van der Waals surface area contributed by atoms with E-state index in [-0.39, 0.29) is 0 Å². The summed E-state index contributed by atoms with van der Waals surface area (Å²) in [6, 6.07) is 0. The summed E-state index contributed by atoms with van der Waals surface area (Å²) in [5, 5.41) is 4.50. The van der Waals surface area contributed by atoms with Crippen LogP contribution in [0.4, 0.5) is 0 Å². The van der Waals surface area contributed by atoms with Gasteiger partial charge >= 0.3 is 0 Å². The number of thiazole rings is 1. The number of rotatable bonds is 9. The quantitative estimate of drug-likeness (QED) is 0.430. The number of nitrogens with zero attached hydrogens (tertiary/aromatic N) is 3. The Morgan fingerprint density at radius 2 is 2.36 bits per heavy atom. The van der Waals surface area contributed by atoms with E-state index in [9.17, 15) is 0 Å². The monoisotopic (exact) mass is 324 g/mol. The predicted octanol–water partition coefficient (Wildman–Crippen LogP) is 2.32. The van der Waals surface area contributed by atoms with E-state index in [0.29, 0.717) is 0 Å². The molecule has 1 fully saturated rings. The maximum Gasteiger partial charge on any atom is 0.193 e. The average molecular weight is 324 g/mol. The largest absolute Gasteiger partial charge is 0.379 e. The van der Waals surface area contributed by atoms with Crippen molar-refractivity contribution in [3.63, 3.8) is 0 Å². The molecular weight excluding hydrogens is 296 g/mol. The predicted molar refractivity (Wildman–Crippen MR) is 92.7 cm³/mol. The summed E-state index contributed by atoms with van der Waals surface area (Å²) in [4.78, 5) is 12.5. The van der Waals surface area contributed by atoms with E-state index in [1.807, 2.05) is 6.20 Å². The number of aliphatic imine (C=N–C) groups is 1. The van der Waals surface area contributed by atoms with Gasteiger partial charge in [0.2, 0.25) is 0 Å². The molecule has 6 heteroatoms. The summed E-state index contributed by atoms with van der Waals surface area (Å²) in [6.07, 6.45) is 5.52. The minimum atomic E-state index is 0.766. The van der Waals surface area contributed by atoms with E-state index in [4.69, 9.17) is 4.74 Å². The van der Waals surface area contributed by atoms with Crippen LogP contribution in [0.5, 0.6) is 0 Å². The molecule has 2 rings (SSSR count). The van der Waals surface area contributed by atoms with Crippen LogP contribution >= 0.6 is 11.3 Å². The number of likely N-dealkylation sites (N-methyl/N-ethyl adjacent to an activating group) is 1. The summed E-state index contributed by atoms with van der Waals surface area (Å²) < 4.78 is 5.70. The van der Waals surface area contributed by atoms with E-state index in [0.717, 1.165) is 56.2 Å². The molecule has 1 N–H and O–H groups in total. The molecule has 5 nitrogen and oxygen atoms in total. The van der Waals surface area contributed by atoms with Gasteiger partial charge in [-0.3, -0.25) is 4.99 Å². The van der Waals surface area contributed by atoms with Gasteiger partial charge < -0.3 is 15.0 Å². The number of nitrogens with one attached hydrogen (secondary N) is 1. The van der Waals surface area contributed by atoms with Crippen LogP contribution in [0.1, 0.15) is 29.7 Å². The van der Waals surface area contributed by atoms with Crippen LogP contribution in [0.2, 0.25) is 0 Å². The number of hydrogen-bond acceptors (Lipinski definition) is 4. The smallest absolute Gasteiger partial charge is 0.193 e. The number of hydrogen-bond donors (Lipinski definition) is 1. The third-order valence-electron chi connectivity index (χ3n) is 3.57. The van der Waals surface area contributed by atoms with Crippen molar-refractivity contribution in [2.45, 2.75) is 33.1 Å². The molecule has 1 aromatic rings. The highest BCUT2D eigenvalue weighted by molar-refractivity contribution is 7.11. The molecule has 1 aliphatic carbocycles. The molecule has 22 heavy (non-hydrogen) atoms. The molecule has 0 bridgehead atoms. The van der Waals surface area contributed by atoms with Gasteiger partial charge in [-0.1, -0.05) is 0 Å². The summed E-state index contributed by atoms with van der Waals surface area (Å²) >= 11 is 1.75. The van der Waals surface area contributed by atoms with Crippen LogP contribution < -0.4 is 5.32 Å². The first kappa shape index (κ1) is 17.2. The summed E-state index contributed by atoms with van der Waals surface area (Å²) in [5.41, 5.74) is 0. The summed E-state index contributed by atoms with van der Waals surface area (Å²) in [5.74, 6) is 1.78. The molecule has 1 saturated carbocycles. The minimum Gasteiger partial charge on any atom is -0.379 e. The molecular formula is C16H28N4OS. The number of aromatic nitrogens is 1. The second-order valence-corrected chi connectivity index (χ2v) is 7.11. The first-order chi connectivity index (χ1) is 10.7. The molecule has 1 aromatic heterocycles. The van der Waals surface area contributed by atoms with Gasteiger partial charge in [-0.05, 0) is 32.6 Å². The van der Waals surface area contributed by atoms with E-state index in [1.165, 1.54) is 17.7 Å². The number of guanidine groups is 1. The van der Waals surface area contributed by atoms with Crippen LogP contribution in [0.15, 0.2) is 11.2 Å². The Kier molecular flexibility index (Phi) is 7.12. The molecule has 1 aliphatic rings. The van der Waals surface area contributed by atoms with E-state index < -0.39 is 0 Å². The van der Waals surface area contributed by atoms with Gasteiger partial charge in [0.25, 0.3) is 0 Å². The molecule has 0 aliphatic heterocycles. The zero-order valence-electron chi connectivity index (χ0n) is 14.0. The van der Waals surface area contributed by atoms with Crippen molar-refractivity contribution in [3.8, 4) is 0 Å². The van der Waals surface area contributed by atoms with Crippen molar-refractivity contribution >= 4 is 17.3 Å². The maximum absolute atomic E-state index is 5.70. The van der Waals surface area contributed by atoms with Gasteiger partial charge in [-0.25, -0.2) is 4.98 Å². The Labute approximate surface area is 137 Å². The highest BCUT2D eigenvalue weighted by Crippen LogP contribution is 2.28. The van der Waals surface area contributed by atoms with E-state index >= 15 is 0 Å². The van der Waals surface area contributed by atoms with Gasteiger partial charge in [0.1, 0.15) is 0 Å². The van der Waals surface area contributed by atoms with Crippen LogP contribution in [0.3, 0.4) is 0 Å². The van der Waals surface area contributed by atoms with Crippen LogP contribution in [-0.2, 0) is 11.2 Å². The van der Waals surface area contributed by atoms with Gasteiger partial charge in [-0.2, -0.15) is 0 Å². The Hall–Kier alpha value is -1.14. The van der Waals surface area contributed by atoms with Crippen molar-refractivity contribution < 1.29 is 4.74 Å². The number of ether oxygens (including phenoxy) is 1. The molecule has 0 spiro atoms. The molecule has 0 unspecified atom stereocenters. The lowest BCUT2D eigenvalue weighted by atomic mass is 10.4. The van der Waals surface area contributed by atoms with Gasteiger partial charge in [0, 0.05) is 50.8 Å². The first-order valence-corrected chi connectivity index (χ1v) is 8.99. The fourth-order valence-corrected chi connectivity index (χ4v) is 2.86. The fraction of sp³-hybridized carbons (Fsp3) is 0.750. The highest BCUT2D eigenvalue weighted by Gasteiger charge is 2.21. The van der Waals surface area contributed by atoms with Crippen molar-refractivity contribution in [1.29, 1.82) is 0 Å². The normalized spacial score (nSPS) is 15.1. The van der Waals surface area contributed by atoms with Crippen molar-refractivity contribution in [2.75, 3.05) is 39.9 Å². The van der Waals surface area contributed by atoms with Gasteiger partial charge in [0.05, 0.1) is 11.6 Å². The molecule has 0 atom stereocenters. The molecule has 0 amide bonds. The molecule has 0 saturated heterocycles. The first-order valence-electron chi connectivity index (χ1n) is 8.17. The van der Waals surface area contributed by atoms with Crippen LogP contribution in [-0.4, -0.2) is 55.7 Å². The fourth-order valence-electron chi connectivity index (χ4n) is 2.09. The summed E-state index contributed by atoms with van der Waals surface area (Å²) in [6.45, 7) is 8.38.